The van der Waals surface area contributed by atoms with Gasteiger partial charge in [0.05, 0.1) is 0 Å². The summed E-state index contributed by atoms with van der Waals surface area (Å²) in [6, 6.07) is 0. The second-order valence-electron chi connectivity index (χ2n) is 3.96. The van der Waals surface area contributed by atoms with E-state index in [1.807, 2.05) is 0 Å². The third-order valence-electron chi connectivity index (χ3n) is 2.45. The summed E-state index contributed by atoms with van der Waals surface area (Å²) in [5.41, 5.74) is 4.12. The number of rotatable bonds is 0. The van der Waals surface area contributed by atoms with Gasteiger partial charge >= 0.3 is 0 Å². The summed E-state index contributed by atoms with van der Waals surface area (Å²) < 4.78 is 0. The fraction of sp³-hybridized carbons (Fsp3) is 0.429. The topological polar surface area (TPSA) is 0 Å². The van der Waals surface area contributed by atoms with Crippen molar-refractivity contribution in [2.24, 2.45) is 5.92 Å². The molecule has 96 valence electrons. The smallest absolute Gasteiger partial charge is 0 e. The zero-order valence-electron chi connectivity index (χ0n) is 10.8. The molecule has 1 atom stereocenters. The van der Waals surface area contributed by atoms with Crippen molar-refractivity contribution in [2.45, 2.75) is 34.1 Å². The third-order valence-corrected chi connectivity index (χ3v) is 2.45. The Labute approximate surface area is 137 Å². The molecule has 0 heterocycles. The molecule has 3 heteroatoms. The fourth-order valence-corrected chi connectivity index (χ4v) is 1.36. The summed E-state index contributed by atoms with van der Waals surface area (Å²) in [6.07, 6.45) is 13.7. The second-order valence-corrected chi connectivity index (χ2v) is 3.96. The van der Waals surface area contributed by atoms with Crippen LogP contribution in [0.4, 0.5) is 0 Å². The summed E-state index contributed by atoms with van der Waals surface area (Å²) in [4.78, 5) is 0. The Morgan fingerprint density at radius 3 is 1.88 bits per heavy atom. The van der Waals surface area contributed by atoms with E-state index in [9.17, 15) is 0 Å². The quantitative estimate of drug-likeness (QED) is 0.375. The molecule has 0 aromatic carbocycles. The largest absolute Gasteiger partial charge is 0.272 e. The van der Waals surface area contributed by atoms with Crippen LogP contribution >= 0.6 is 24.8 Å². The Bertz CT molecular complexity index is 325. The molecular formula is C14H20Cl2Hf-2. The van der Waals surface area contributed by atoms with Crippen molar-refractivity contribution in [3.8, 4) is 0 Å². The van der Waals surface area contributed by atoms with Gasteiger partial charge < -0.3 is 0 Å². The molecule has 0 aromatic rings. The van der Waals surface area contributed by atoms with Gasteiger partial charge in [-0.2, -0.15) is 11.6 Å². The summed E-state index contributed by atoms with van der Waals surface area (Å²) in [7, 11) is 0. The monoisotopic (exact) mass is 438 g/mol. The van der Waals surface area contributed by atoms with Gasteiger partial charge in [0.1, 0.15) is 0 Å². The molecule has 0 nitrogen and oxygen atoms in total. The van der Waals surface area contributed by atoms with Crippen LogP contribution in [-0.4, -0.2) is 0 Å². The molecule has 0 N–H and O–H groups in total. The van der Waals surface area contributed by atoms with Crippen LogP contribution < -0.4 is 0 Å². The molecule has 0 aliphatic heterocycles. The summed E-state index contributed by atoms with van der Waals surface area (Å²) in [5, 5.41) is 0. The third kappa shape index (κ3) is 9.04. The van der Waals surface area contributed by atoms with Gasteiger partial charge in [0.25, 0.3) is 0 Å². The van der Waals surface area contributed by atoms with Crippen LogP contribution in [0.2, 0.25) is 0 Å². The van der Waals surface area contributed by atoms with Crippen molar-refractivity contribution < 1.29 is 25.8 Å². The van der Waals surface area contributed by atoms with Gasteiger partial charge in [-0.25, -0.2) is 23.3 Å². The average Bonchev–Trinajstić information content (AvgIpc) is 2.65. The van der Waals surface area contributed by atoms with Gasteiger partial charge in [0, 0.05) is 25.8 Å². The van der Waals surface area contributed by atoms with E-state index in [4.69, 9.17) is 0 Å². The molecule has 0 saturated heterocycles. The van der Waals surface area contributed by atoms with Gasteiger partial charge in [-0.15, -0.1) is 38.2 Å². The van der Waals surface area contributed by atoms with Crippen molar-refractivity contribution in [2.75, 3.05) is 0 Å². The minimum Gasteiger partial charge on any atom is -0.272 e. The fourth-order valence-electron chi connectivity index (χ4n) is 1.36. The Kier molecular flexibility index (Phi) is 15.3. The SMILES string of the molecule is CC1=C(C)C[C-]=C1.CC1=[C-]C(C)C=C1.Cl.Cl.[Hf]. The first-order valence-electron chi connectivity index (χ1n) is 5.11. The van der Waals surface area contributed by atoms with Gasteiger partial charge in [-0.1, -0.05) is 26.7 Å². The van der Waals surface area contributed by atoms with Crippen molar-refractivity contribution in [3.63, 3.8) is 0 Å². The van der Waals surface area contributed by atoms with Gasteiger partial charge in [0.15, 0.2) is 0 Å². The Morgan fingerprint density at radius 2 is 1.76 bits per heavy atom. The average molecular weight is 438 g/mol. The molecule has 0 saturated carbocycles. The Morgan fingerprint density at radius 1 is 1.18 bits per heavy atom. The second kappa shape index (κ2) is 11.5. The zero-order chi connectivity index (χ0) is 10.6. The molecular weight excluding hydrogens is 418 g/mol. The van der Waals surface area contributed by atoms with Crippen LogP contribution in [0.3, 0.4) is 0 Å². The predicted octanol–water partition coefficient (Wildman–Crippen LogP) is 4.87. The van der Waals surface area contributed by atoms with Crippen LogP contribution in [0.1, 0.15) is 34.1 Å². The summed E-state index contributed by atoms with van der Waals surface area (Å²) in [6.45, 7) is 8.47. The minimum absolute atomic E-state index is 0. The molecule has 2 aliphatic rings. The number of hydrogen-bond acceptors (Lipinski definition) is 0. The van der Waals surface area contributed by atoms with Crippen molar-refractivity contribution in [1.29, 1.82) is 0 Å². The molecule has 17 heavy (non-hydrogen) atoms. The molecule has 2 rings (SSSR count). The van der Waals surface area contributed by atoms with E-state index in [1.54, 1.807) is 0 Å². The molecule has 0 spiro atoms. The van der Waals surface area contributed by atoms with E-state index in [1.165, 1.54) is 16.7 Å². The molecule has 0 amide bonds. The summed E-state index contributed by atoms with van der Waals surface area (Å²) >= 11 is 0. The van der Waals surface area contributed by atoms with Gasteiger partial charge in [-0.3, -0.25) is 12.2 Å². The van der Waals surface area contributed by atoms with Crippen LogP contribution in [0, 0.1) is 18.1 Å². The van der Waals surface area contributed by atoms with Gasteiger partial charge in [0.2, 0.25) is 0 Å². The van der Waals surface area contributed by atoms with Gasteiger partial charge in [-0.05, 0) is 0 Å². The van der Waals surface area contributed by atoms with Crippen molar-refractivity contribution >= 4 is 24.8 Å². The Balaban J connectivity index is -0.000000196. The van der Waals surface area contributed by atoms with Crippen molar-refractivity contribution in [1.82, 2.24) is 0 Å². The molecule has 0 fully saturated rings. The molecule has 0 radical (unpaired) electrons. The zero-order valence-corrected chi connectivity index (χ0v) is 16.1. The molecule has 2 aliphatic carbocycles. The number of halogens is 2. The first-order chi connectivity index (χ1) is 6.59. The predicted molar refractivity (Wildman–Crippen MR) is 76.0 cm³/mol. The standard InChI is InChI=1S/2C7H9.2ClH.Hf/c1-6-3-4-7(2)5-6;1-6-4-3-5-7(6)2;;;/h3-4,6H,1-2H3;4H,5H2,1-2H3;2*1H;/q2*-1;;;. The van der Waals surface area contributed by atoms with Crippen molar-refractivity contribution in [3.05, 3.63) is 47.1 Å². The van der Waals surface area contributed by atoms with E-state index in [2.05, 4.69) is 58.1 Å². The maximum Gasteiger partial charge on any atom is 0 e. The molecule has 0 aromatic heterocycles. The van der Waals surface area contributed by atoms with E-state index < -0.39 is 0 Å². The first kappa shape index (κ1) is 22.6. The number of hydrogen-bond donors (Lipinski definition) is 0. The minimum atomic E-state index is 0. The normalized spacial score (nSPS) is 19.5. The maximum atomic E-state index is 3.22. The molecule has 0 bridgehead atoms. The van der Waals surface area contributed by atoms with Crippen LogP contribution in [0.25, 0.3) is 0 Å². The van der Waals surface area contributed by atoms with E-state index in [0.717, 1.165) is 6.42 Å². The van der Waals surface area contributed by atoms with Crippen LogP contribution in [-0.2, 0) is 25.8 Å². The van der Waals surface area contributed by atoms with E-state index >= 15 is 0 Å². The number of allylic oxidation sites excluding steroid dienone is 8. The van der Waals surface area contributed by atoms with Crippen LogP contribution in [0.5, 0.6) is 0 Å². The molecule has 1 unspecified atom stereocenters. The first-order valence-corrected chi connectivity index (χ1v) is 5.11. The van der Waals surface area contributed by atoms with E-state index in [0.29, 0.717) is 5.92 Å². The Hall–Kier alpha value is 0.410. The van der Waals surface area contributed by atoms with Crippen LogP contribution in [0.15, 0.2) is 34.9 Å². The summed E-state index contributed by atoms with van der Waals surface area (Å²) in [5.74, 6) is 0.556. The van der Waals surface area contributed by atoms with E-state index in [-0.39, 0.29) is 50.7 Å². The maximum absolute atomic E-state index is 3.22.